The number of anilines is 2. The summed E-state index contributed by atoms with van der Waals surface area (Å²) < 4.78 is 13.9. The molecule has 2 nitrogen and oxygen atoms in total. The van der Waals surface area contributed by atoms with E-state index in [4.69, 9.17) is 5.73 Å². The number of nitrogens with zero attached hydrogens (tertiary/aromatic N) is 1. The molecule has 0 aromatic heterocycles. The van der Waals surface area contributed by atoms with Gasteiger partial charge in [0.1, 0.15) is 5.82 Å². The smallest absolute Gasteiger partial charge is 0.126 e. The van der Waals surface area contributed by atoms with Gasteiger partial charge in [-0.25, -0.2) is 4.39 Å². The van der Waals surface area contributed by atoms with Gasteiger partial charge >= 0.3 is 0 Å². The van der Waals surface area contributed by atoms with Gasteiger partial charge in [-0.3, -0.25) is 0 Å². The minimum Gasteiger partial charge on any atom is -0.341 e. The Morgan fingerprint density at radius 2 is 1.95 bits per heavy atom. The number of hydrogen-bond acceptors (Lipinski definition) is 2. The molecule has 3 rings (SSSR count). The highest BCUT2D eigenvalue weighted by Crippen LogP contribution is 2.37. The summed E-state index contributed by atoms with van der Waals surface area (Å²) in [6.45, 7) is 4.66. The second-order valence-corrected chi connectivity index (χ2v) is 5.83. The fourth-order valence-corrected chi connectivity index (χ4v) is 3.06. The van der Waals surface area contributed by atoms with Gasteiger partial charge in [-0.2, -0.15) is 0 Å². The van der Waals surface area contributed by atoms with Crippen molar-refractivity contribution in [3.05, 3.63) is 58.9 Å². The van der Waals surface area contributed by atoms with Crippen molar-refractivity contribution < 1.29 is 4.39 Å². The summed E-state index contributed by atoms with van der Waals surface area (Å²) in [5, 5.41) is 0. The van der Waals surface area contributed by atoms with Crippen molar-refractivity contribution in [2.24, 2.45) is 5.73 Å². The average Bonchev–Trinajstić information content (AvgIpc) is 2.49. The Kier molecular flexibility index (Phi) is 3.68. The molecule has 0 unspecified atom stereocenters. The molecule has 110 valence electrons. The second-order valence-electron chi connectivity index (χ2n) is 5.83. The van der Waals surface area contributed by atoms with Crippen molar-refractivity contribution in [2.75, 3.05) is 11.4 Å². The van der Waals surface area contributed by atoms with Crippen LogP contribution in [0.15, 0.2) is 36.4 Å². The van der Waals surface area contributed by atoms with Crippen molar-refractivity contribution in [3.8, 4) is 0 Å². The van der Waals surface area contributed by atoms with E-state index < -0.39 is 0 Å². The van der Waals surface area contributed by atoms with Crippen molar-refractivity contribution in [3.63, 3.8) is 0 Å². The van der Waals surface area contributed by atoms with Gasteiger partial charge in [0, 0.05) is 24.0 Å². The zero-order chi connectivity index (χ0) is 15.0. The Labute approximate surface area is 125 Å². The first-order valence-electron chi connectivity index (χ1n) is 7.49. The number of nitrogens with two attached hydrogens (primary N) is 1. The van der Waals surface area contributed by atoms with E-state index in [0.29, 0.717) is 5.56 Å². The Balaban J connectivity index is 2.15. The Morgan fingerprint density at radius 3 is 2.71 bits per heavy atom. The third-order valence-corrected chi connectivity index (χ3v) is 4.20. The van der Waals surface area contributed by atoms with Gasteiger partial charge < -0.3 is 10.6 Å². The maximum Gasteiger partial charge on any atom is 0.126 e. The number of halogens is 1. The Morgan fingerprint density at radius 1 is 1.19 bits per heavy atom. The predicted molar refractivity (Wildman–Crippen MR) is 85.5 cm³/mol. The van der Waals surface area contributed by atoms with E-state index in [-0.39, 0.29) is 11.9 Å². The van der Waals surface area contributed by atoms with Crippen LogP contribution in [-0.2, 0) is 6.42 Å². The first-order chi connectivity index (χ1) is 10.1. The number of rotatable bonds is 2. The maximum absolute atomic E-state index is 13.9. The lowest BCUT2D eigenvalue weighted by atomic mass is 9.97. The van der Waals surface area contributed by atoms with E-state index in [1.54, 1.807) is 13.0 Å². The third-order valence-electron chi connectivity index (χ3n) is 4.20. The lowest BCUT2D eigenvalue weighted by molar-refractivity contribution is 0.612. The summed E-state index contributed by atoms with van der Waals surface area (Å²) in [5.41, 5.74) is 11.2. The van der Waals surface area contributed by atoms with Gasteiger partial charge in [0.15, 0.2) is 0 Å². The number of benzene rings is 2. The molecule has 0 bridgehead atoms. The molecule has 21 heavy (non-hydrogen) atoms. The Bertz CT molecular complexity index is 664. The molecular weight excluding hydrogens is 263 g/mol. The lowest BCUT2D eigenvalue weighted by Crippen LogP contribution is -2.26. The van der Waals surface area contributed by atoms with Gasteiger partial charge in [0.05, 0.1) is 0 Å². The molecule has 0 saturated heterocycles. The summed E-state index contributed by atoms with van der Waals surface area (Å²) in [5.74, 6) is -0.184. The van der Waals surface area contributed by atoms with Crippen molar-refractivity contribution in [2.45, 2.75) is 32.7 Å². The van der Waals surface area contributed by atoms with Crippen LogP contribution >= 0.6 is 0 Å². The first kappa shape index (κ1) is 14.1. The van der Waals surface area contributed by atoms with E-state index in [9.17, 15) is 4.39 Å². The summed E-state index contributed by atoms with van der Waals surface area (Å²) in [6, 6.07) is 11.8. The summed E-state index contributed by atoms with van der Waals surface area (Å²) in [7, 11) is 0. The summed E-state index contributed by atoms with van der Waals surface area (Å²) >= 11 is 0. The Hall–Kier alpha value is -1.87. The molecule has 1 heterocycles. The van der Waals surface area contributed by atoms with Crippen LogP contribution < -0.4 is 10.6 Å². The SMILES string of the molecule is Cc1cc(N2CCCc3ccccc32)c([C@@H](C)N)cc1F. The summed E-state index contributed by atoms with van der Waals surface area (Å²) in [4.78, 5) is 2.28. The molecule has 0 fully saturated rings. The van der Waals surface area contributed by atoms with Gasteiger partial charge in [-0.1, -0.05) is 18.2 Å². The highest BCUT2D eigenvalue weighted by atomic mass is 19.1. The van der Waals surface area contributed by atoms with E-state index in [1.165, 1.54) is 11.3 Å². The molecular formula is C18H21FN2. The van der Waals surface area contributed by atoms with Gasteiger partial charge in [-0.15, -0.1) is 0 Å². The van der Waals surface area contributed by atoms with Crippen LogP contribution in [0.2, 0.25) is 0 Å². The topological polar surface area (TPSA) is 29.3 Å². The average molecular weight is 284 g/mol. The number of aryl methyl sites for hydroxylation is 2. The highest BCUT2D eigenvalue weighted by molar-refractivity contribution is 5.71. The maximum atomic E-state index is 13.9. The largest absolute Gasteiger partial charge is 0.341 e. The van der Waals surface area contributed by atoms with Gasteiger partial charge in [0.25, 0.3) is 0 Å². The van der Waals surface area contributed by atoms with Crippen LogP contribution in [0.4, 0.5) is 15.8 Å². The third kappa shape index (κ3) is 2.54. The van der Waals surface area contributed by atoms with Crippen molar-refractivity contribution >= 4 is 11.4 Å². The zero-order valence-electron chi connectivity index (χ0n) is 12.6. The molecule has 1 atom stereocenters. The number of para-hydroxylation sites is 1. The lowest BCUT2D eigenvalue weighted by Gasteiger charge is -2.33. The van der Waals surface area contributed by atoms with Crippen molar-refractivity contribution in [1.82, 2.24) is 0 Å². The first-order valence-corrected chi connectivity index (χ1v) is 7.49. The molecule has 0 aliphatic carbocycles. The minimum atomic E-state index is -0.191. The molecule has 2 N–H and O–H groups in total. The minimum absolute atomic E-state index is 0.184. The van der Waals surface area contributed by atoms with Crippen LogP contribution in [0.5, 0.6) is 0 Å². The monoisotopic (exact) mass is 284 g/mol. The second kappa shape index (κ2) is 5.49. The highest BCUT2D eigenvalue weighted by Gasteiger charge is 2.22. The van der Waals surface area contributed by atoms with E-state index >= 15 is 0 Å². The van der Waals surface area contributed by atoms with Gasteiger partial charge in [0.2, 0.25) is 0 Å². The standard InChI is InChI=1S/C18H21FN2/c1-12-10-18(15(13(2)20)11-16(12)19)21-9-5-7-14-6-3-4-8-17(14)21/h3-4,6,8,10-11,13H,5,7,9,20H2,1-2H3/t13-/m1/s1. The molecule has 2 aromatic rings. The molecule has 3 heteroatoms. The van der Waals surface area contributed by atoms with Crippen LogP contribution in [0.3, 0.4) is 0 Å². The van der Waals surface area contributed by atoms with Gasteiger partial charge in [-0.05, 0) is 61.6 Å². The molecule has 0 spiro atoms. The molecule has 2 aromatic carbocycles. The van der Waals surface area contributed by atoms with Crippen LogP contribution in [0, 0.1) is 12.7 Å². The summed E-state index contributed by atoms with van der Waals surface area (Å²) in [6.07, 6.45) is 2.20. The molecule has 0 radical (unpaired) electrons. The molecule has 1 aliphatic rings. The normalized spacial score (nSPS) is 15.7. The van der Waals surface area contributed by atoms with E-state index in [2.05, 4.69) is 29.2 Å². The quantitative estimate of drug-likeness (QED) is 0.893. The van der Waals surface area contributed by atoms with E-state index in [0.717, 1.165) is 30.6 Å². The predicted octanol–water partition coefficient (Wildman–Crippen LogP) is 4.24. The van der Waals surface area contributed by atoms with Crippen LogP contribution in [-0.4, -0.2) is 6.54 Å². The molecule has 0 saturated carbocycles. The molecule has 0 amide bonds. The number of hydrogen-bond donors (Lipinski definition) is 1. The molecule has 1 aliphatic heterocycles. The van der Waals surface area contributed by atoms with E-state index in [1.807, 2.05) is 13.0 Å². The van der Waals surface area contributed by atoms with Crippen molar-refractivity contribution in [1.29, 1.82) is 0 Å². The fourth-order valence-electron chi connectivity index (χ4n) is 3.06. The van der Waals surface area contributed by atoms with Crippen LogP contribution in [0.25, 0.3) is 0 Å². The van der Waals surface area contributed by atoms with Crippen LogP contribution in [0.1, 0.15) is 36.1 Å². The zero-order valence-corrected chi connectivity index (χ0v) is 12.6. The number of fused-ring (bicyclic) bond motifs is 1. The fraction of sp³-hybridized carbons (Fsp3) is 0.333.